The van der Waals surface area contributed by atoms with Gasteiger partial charge in [0.05, 0.1) is 26.7 Å². The number of hydrogen-bond acceptors (Lipinski definition) is 6. The third-order valence-corrected chi connectivity index (χ3v) is 7.31. The predicted molar refractivity (Wildman–Crippen MR) is 138 cm³/mol. The number of nitrogens with zero attached hydrogens (tertiary/aromatic N) is 2. The van der Waals surface area contributed by atoms with Gasteiger partial charge in [-0.1, -0.05) is 18.2 Å². The van der Waals surface area contributed by atoms with E-state index in [9.17, 15) is 4.79 Å². The van der Waals surface area contributed by atoms with E-state index in [1.54, 1.807) is 25.6 Å². The zero-order chi connectivity index (χ0) is 23.9. The van der Waals surface area contributed by atoms with E-state index in [0.29, 0.717) is 6.42 Å². The first kappa shape index (κ1) is 24.1. The lowest BCUT2D eigenvalue weighted by molar-refractivity contribution is -0.121. The second kappa shape index (κ2) is 11.4. The summed E-state index contributed by atoms with van der Waals surface area (Å²) in [7, 11) is 3.33. The zero-order valence-electron chi connectivity index (χ0n) is 20.1. The number of anilines is 1. The maximum atomic E-state index is 12.8. The molecule has 1 aromatic heterocycles. The molecule has 6 nitrogen and oxygen atoms in total. The highest BCUT2D eigenvalue weighted by Gasteiger charge is 2.31. The zero-order valence-corrected chi connectivity index (χ0v) is 20.9. The van der Waals surface area contributed by atoms with Gasteiger partial charge in [0.15, 0.2) is 0 Å². The van der Waals surface area contributed by atoms with Crippen molar-refractivity contribution < 1.29 is 14.3 Å². The number of piperazine rings is 1. The SMILES string of the molecule is COc1ccc(CC(=O)N[C@H](C)[C@H](c2cccs2)N2CCN(c3ccc(OC)cc3)CC2)cc1. The lowest BCUT2D eigenvalue weighted by Crippen LogP contribution is -2.52. The van der Waals surface area contributed by atoms with Crippen LogP contribution in [0.15, 0.2) is 66.0 Å². The van der Waals surface area contributed by atoms with Crippen LogP contribution in [0.5, 0.6) is 11.5 Å². The topological polar surface area (TPSA) is 54.0 Å². The van der Waals surface area contributed by atoms with Crippen molar-refractivity contribution >= 4 is 22.9 Å². The number of carbonyl (C=O) groups excluding carboxylic acids is 1. The van der Waals surface area contributed by atoms with E-state index in [0.717, 1.165) is 43.2 Å². The Balaban J connectivity index is 1.39. The summed E-state index contributed by atoms with van der Waals surface area (Å²) in [6.45, 7) is 5.88. The second-order valence-electron chi connectivity index (χ2n) is 8.56. The summed E-state index contributed by atoms with van der Waals surface area (Å²) in [6, 6.07) is 20.3. The van der Waals surface area contributed by atoms with E-state index in [2.05, 4.69) is 51.7 Å². The third kappa shape index (κ3) is 5.90. The minimum absolute atomic E-state index is 0.00284. The van der Waals surface area contributed by atoms with Gasteiger partial charge < -0.3 is 19.7 Å². The van der Waals surface area contributed by atoms with Crippen molar-refractivity contribution in [3.05, 3.63) is 76.5 Å². The second-order valence-corrected chi connectivity index (χ2v) is 9.54. The van der Waals surface area contributed by atoms with Crippen molar-refractivity contribution in [3.63, 3.8) is 0 Å². The molecule has 2 atom stereocenters. The molecule has 2 heterocycles. The van der Waals surface area contributed by atoms with Crippen LogP contribution in [0.3, 0.4) is 0 Å². The van der Waals surface area contributed by atoms with Gasteiger partial charge in [-0.3, -0.25) is 9.69 Å². The molecule has 1 saturated heterocycles. The van der Waals surface area contributed by atoms with Gasteiger partial charge in [0.25, 0.3) is 0 Å². The average Bonchev–Trinajstić information content (AvgIpc) is 3.39. The van der Waals surface area contributed by atoms with Gasteiger partial charge in [-0.2, -0.15) is 0 Å². The van der Waals surface area contributed by atoms with Gasteiger partial charge in [0.1, 0.15) is 11.5 Å². The van der Waals surface area contributed by atoms with Crippen molar-refractivity contribution in [2.45, 2.75) is 25.4 Å². The standard InChI is InChI=1S/C27H33N3O3S/c1-20(28-26(31)19-21-6-10-23(32-2)11-7-21)27(25-5-4-18-34-25)30-16-14-29(15-17-30)22-8-12-24(33-3)13-9-22/h4-13,18,20,27H,14-17,19H2,1-3H3,(H,28,31)/t20-,27-/m1/s1. The Hall–Kier alpha value is -3.03. The Bertz CT molecular complexity index is 1030. The summed E-state index contributed by atoms with van der Waals surface area (Å²) < 4.78 is 10.5. The van der Waals surface area contributed by atoms with Crippen molar-refractivity contribution in [1.82, 2.24) is 10.2 Å². The molecule has 1 fully saturated rings. The molecule has 0 saturated carbocycles. The number of methoxy groups -OCH3 is 2. The predicted octanol–water partition coefficient (Wildman–Crippen LogP) is 4.38. The Morgan fingerprint density at radius 2 is 1.56 bits per heavy atom. The van der Waals surface area contributed by atoms with Gasteiger partial charge >= 0.3 is 0 Å². The molecule has 1 aliphatic rings. The number of benzene rings is 2. The lowest BCUT2D eigenvalue weighted by atomic mass is 10.0. The fourth-order valence-corrected chi connectivity index (χ4v) is 5.53. The van der Waals surface area contributed by atoms with Crippen LogP contribution >= 0.6 is 11.3 Å². The maximum Gasteiger partial charge on any atom is 0.224 e. The minimum atomic E-state index is -0.00284. The molecule has 34 heavy (non-hydrogen) atoms. The number of amides is 1. The summed E-state index contributed by atoms with van der Waals surface area (Å²) >= 11 is 1.76. The van der Waals surface area contributed by atoms with Crippen LogP contribution < -0.4 is 19.7 Å². The summed E-state index contributed by atoms with van der Waals surface area (Å²) in [5.41, 5.74) is 2.19. The van der Waals surface area contributed by atoms with Crippen molar-refractivity contribution in [2.24, 2.45) is 0 Å². The van der Waals surface area contributed by atoms with E-state index < -0.39 is 0 Å². The minimum Gasteiger partial charge on any atom is -0.497 e. The van der Waals surface area contributed by atoms with Gasteiger partial charge in [-0.25, -0.2) is 0 Å². The van der Waals surface area contributed by atoms with Gasteiger partial charge in [0, 0.05) is 42.8 Å². The number of rotatable bonds is 9. The molecule has 3 aromatic rings. The van der Waals surface area contributed by atoms with Crippen LogP contribution in [0, 0.1) is 0 Å². The van der Waals surface area contributed by atoms with E-state index in [4.69, 9.17) is 9.47 Å². The Morgan fingerprint density at radius 3 is 2.12 bits per heavy atom. The first-order chi connectivity index (χ1) is 16.6. The van der Waals surface area contributed by atoms with Crippen molar-refractivity contribution in [1.29, 1.82) is 0 Å². The third-order valence-electron chi connectivity index (χ3n) is 6.37. The summed E-state index contributed by atoms with van der Waals surface area (Å²) in [5, 5.41) is 5.38. The monoisotopic (exact) mass is 479 g/mol. The maximum absolute atomic E-state index is 12.8. The van der Waals surface area contributed by atoms with Crippen LogP contribution in [0.25, 0.3) is 0 Å². The molecule has 2 aromatic carbocycles. The summed E-state index contributed by atoms with van der Waals surface area (Å²) in [6.07, 6.45) is 0.358. The van der Waals surface area contributed by atoms with E-state index in [-0.39, 0.29) is 18.0 Å². The van der Waals surface area contributed by atoms with Crippen LogP contribution in [-0.4, -0.2) is 57.2 Å². The molecule has 180 valence electrons. The molecule has 0 aliphatic carbocycles. The van der Waals surface area contributed by atoms with Crippen LogP contribution in [0.4, 0.5) is 5.69 Å². The van der Waals surface area contributed by atoms with Crippen LogP contribution in [0.1, 0.15) is 23.4 Å². The molecule has 0 bridgehead atoms. The number of ether oxygens (including phenoxy) is 2. The smallest absolute Gasteiger partial charge is 0.224 e. The molecule has 4 rings (SSSR count). The van der Waals surface area contributed by atoms with Crippen molar-refractivity contribution in [2.75, 3.05) is 45.3 Å². The number of thiophene rings is 1. The molecule has 0 radical (unpaired) electrons. The largest absolute Gasteiger partial charge is 0.497 e. The molecule has 1 N–H and O–H groups in total. The highest BCUT2D eigenvalue weighted by molar-refractivity contribution is 7.10. The summed E-state index contributed by atoms with van der Waals surface area (Å²) in [4.78, 5) is 19.0. The Kier molecular flexibility index (Phi) is 8.08. The van der Waals surface area contributed by atoms with Gasteiger partial charge in [0.2, 0.25) is 5.91 Å². The Morgan fingerprint density at radius 1 is 0.941 bits per heavy atom. The highest BCUT2D eigenvalue weighted by Crippen LogP contribution is 2.30. The average molecular weight is 480 g/mol. The van der Waals surface area contributed by atoms with Crippen molar-refractivity contribution in [3.8, 4) is 11.5 Å². The summed E-state index contributed by atoms with van der Waals surface area (Å²) in [5.74, 6) is 1.71. The van der Waals surface area contributed by atoms with E-state index in [1.165, 1.54) is 10.6 Å². The molecular weight excluding hydrogens is 446 g/mol. The van der Waals surface area contributed by atoms with Gasteiger partial charge in [-0.05, 0) is 60.3 Å². The quantitative estimate of drug-likeness (QED) is 0.494. The van der Waals surface area contributed by atoms with Crippen LogP contribution in [0.2, 0.25) is 0 Å². The first-order valence-electron chi connectivity index (χ1n) is 11.7. The molecule has 1 aliphatic heterocycles. The lowest BCUT2D eigenvalue weighted by Gasteiger charge is -2.42. The first-order valence-corrected chi connectivity index (χ1v) is 12.5. The molecular formula is C27H33N3O3S. The number of nitrogens with one attached hydrogen (secondary N) is 1. The Labute approximate surface area is 206 Å². The molecule has 7 heteroatoms. The van der Waals surface area contributed by atoms with E-state index >= 15 is 0 Å². The van der Waals surface area contributed by atoms with E-state index in [1.807, 2.05) is 36.4 Å². The number of hydrogen-bond donors (Lipinski definition) is 1. The van der Waals surface area contributed by atoms with Crippen LogP contribution in [-0.2, 0) is 11.2 Å². The normalized spacial score (nSPS) is 16.0. The fraction of sp³-hybridized carbons (Fsp3) is 0.370. The van der Waals surface area contributed by atoms with Gasteiger partial charge in [-0.15, -0.1) is 11.3 Å². The molecule has 0 spiro atoms. The molecule has 1 amide bonds. The highest BCUT2D eigenvalue weighted by atomic mass is 32.1. The molecule has 0 unspecified atom stereocenters. The fourth-order valence-electron chi connectivity index (χ4n) is 4.57. The number of carbonyl (C=O) groups is 1.